The Labute approximate surface area is 112 Å². The lowest BCUT2D eigenvalue weighted by molar-refractivity contribution is -0.126. The van der Waals surface area contributed by atoms with Crippen molar-refractivity contribution in [1.82, 2.24) is 20.0 Å². The summed E-state index contributed by atoms with van der Waals surface area (Å²) in [5.74, 6) is -0.233. The number of aromatic nitrogens is 2. The first-order valence-corrected chi connectivity index (χ1v) is 6.55. The third kappa shape index (κ3) is 2.22. The van der Waals surface area contributed by atoms with E-state index in [1.807, 2.05) is 37.7 Å². The highest BCUT2D eigenvalue weighted by molar-refractivity contribution is 6.06. The van der Waals surface area contributed by atoms with E-state index in [9.17, 15) is 9.59 Å². The number of hydrogen-bond acceptors (Lipinski definition) is 3. The Morgan fingerprint density at radius 1 is 1.42 bits per heavy atom. The van der Waals surface area contributed by atoms with Crippen LogP contribution in [0.25, 0.3) is 0 Å². The van der Waals surface area contributed by atoms with Crippen molar-refractivity contribution in [3.63, 3.8) is 0 Å². The fourth-order valence-corrected chi connectivity index (χ4v) is 2.15. The van der Waals surface area contributed by atoms with Crippen LogP contribution in [0.4, 0.5) is 4.79 Å². The van der Waals surface area contributed by atoms with Gasteiger partial charge in [0.05, 0.1) is 12.2 Å². The molecule has 3 amide bonds. The SMILES string of the molecule is CCC1(C)C(=O)NC(=O)N1Cc1ccn(C(C)C)n1. The van der Waals surface area contributed by atoms with Crippen LogP contribution in [0.1, 0.15) is 45.9 Å². The second kappa shape index (κ2) is 4.68. The number of carbonyl (C=O) groups is 2. The van der Waals surface area contributed by atoms with Crippen molar-refractivity contribution in [2.75, 3.05) is 0 Å². The van der Waals surface area contributed by atoms with Crippen LogP contribution in [-0.2, 0) is 11.3 Å². The number of urea groups is 1. The average Bonchev–Trinajstić information content (AvgIpc) is 2.90. The van der Waals surface area contributed by atoms with E-state index in [4.69, 9.17) is 0 Å². The molecule has 0 spiro atoms. The lowest BCUT2D eigenvalue weighted by Gasteiger charge is -2.30. The average molecular weight is 264 g/mol. The molecule has 1 aromatic heterocycles. The van der Waals surface area contributed by atoms with Crippen molar-refractivity contribution in [3.8, 4) is 0 Å². The maximum absolute atomic E-state index is 11.9. The van der Waals surface area contributed by atoms with Crippen LogP contribution in [0.3, 0.4) is 0 Å². The topological polar surface area (TPSA) is 67.2 Å². The molecule has 1 saturated heterocycles. The first kappa shape index (κ1) is 13.6. The number of imide groups is 1. The summed E-state index contributed by atoms with van der Waals surface area (Å²) >= 11 is 0. The Hall–Kier alpha value is -1.85. The highest BCUT2D eigenvalue weighted by atomic mass is 16.2. The van der Waals surface area contributed by atoms with Gasteiger partial charge in [-0.2, -0.15) is 5.10 Å². The number of nitrogens with zero attached hydrogens (tertiary/aromatic N) is 3. The van der Waals surface area contributed by atoms with Gasteiger partial charge in [-0.05, 0) is 33.3 Å². The van der Waals surface area contributed by atoms with Gasteiger partial charge in [-0.15, -0.1) is 0 Å². The predicted molar refractivity (Wildman–Crippen MR) is 70.4 cm³/mol. The molecule has 19 heavy (non-hydrogen) atoms. The molecule has 1 atom stereocenters. The van der Waals surface area contributed by atoms with E-state index in [1.165, 1.54) is 0 Å². The summed E-state index contributed by atoms with van der Waals surface area (Å²) in [7, 11) is 0. The Kier molecular flexibility index (Phi) is 3.34. The predicted octanol–water partition coefficient (Wildman–Crippen LogP) is 1.68. The van der Waals surface area contributed by atoms with Gasteiger partial charge < -0.3 is 4.90 Å². The van der Waals surface area contributed by atoms with Crippen molar-refractivity contribution >= 4 is 11.9 Å². The van der Waals surface area contributed by atoms with Gasteiger partial charge >= 0.3 is 6.03 Å². The molecule has 0 radical (unpaired) electrons. The molecule has 0 bridgehead atoms. The van der Waals surface area contributed by atoms with Crippen LogP contribution < -0.4 is 5.32 Å². The maximum atomic E-state index is 11.9. The molecule has 1 fully saturated rings. The van der Waals surface area contributed by atoms with E-state index in [-0.39, 0.29) is 18.0 Å². The van der Waals surface area contributed by atoms with E-state index in [1.54, 1.807) is 11.8 Å². The first-order valence-electron chi connectivity index (χ1n) is 6.55. The van der Waals surface area contributed by atoms with Crippen molar-refractivity contribution in [1.29, 1.82) is 0 Å². The smallest absolute Gasteiger partial charge is 0.304 e. The van der Waals surface area contributed by atoms with Gasteiger partial charge in [-0.3, -0.25) is 14.8 Å². The fraction of sp³-hybridized carbons (Fsp3) is 0.615. The molecule has 1 aliphatic heterocycles. The van der Waals surface area contributed by atoms with Gasteiger partial charge in [0.2, 0.25) is 0 Å². The molecule has 0 aliphatic carbocycles. The van der Waals surface area contributed by atoms with Crippen LogP contribution >= 0.6 is 0 Å². The third-order valence-electron chi connectivity index (χ3n) is 3.75. The molecule has 1 unspecified atom stereocenters. The van der Waals surface area contributed by atoms with Crippen LogP contribution in [0.2, 0.25) is 0 Å². The van der Waals surface area contributed by atoms with Crippen LogP contribution in [0.5, 0.6) is 0 Å². The largest absolute Gasteiger partial charge is 0.325 e. The van der Waals surface area contributed by atoms with Crippen molar-refractivity contribution in [3.05, 3.63) is 18.0 Å². The number of rotatable bonds is 4. The summed E-state index contributed by atoms with van der Waals surface area (Å²) in [5, 5.41) is 6.79. The zero-order valence-corrected chi connectivity index (χ0v) is 11.8. The molecular weight excluding hydrogens is 244 g/mol. The third-order valence-corrected chi connectivity index (χ3v) is 3.75. The second-order valence-corrected chi connectivity index (χ2v) is 5.35. The zero-order valence-electron chi connectivity index (χ0n) is 11.8. The Morgan fingerprint density at radius 3 is 2.63 bits per heavy atom. The lowest BCUT2D eigenvalue weighted by atomic mass is 9.97. The molecule has 0 saturated carbocycles. The molecule has 104 valence electrons. The number of hydrogen-bond donors (Lipinski definition) is 1. The molecule has 1 aliphatic rings. The summed E-state index contributed by atoms with van der Waals surface area (Å²) < 4.78 is 1.84. The first-order chi connectivity index (χ1) is 8.88. The van der Waals surface area contributed by atoms with Gasteiger partial charge in [0.1, 0.15) is 5.54 Å². The van der Waals surface area contributed by atoms with E-state index in [2.05, 4.69) is 10.4 Å². The summed E-state index contributed by atoms with van der Waals surface area (Å²) in [4.78, 5) is 25.3. The quantitative estimate of drug-likeness (QED) is 0.841. The minimum absolute atomic E-state index is 0.233. The lowest BCUT2D eigenvalue weighted by Crippen LogP contribution is -2.46. The van der Waals surface area contributed by atoms with Gasteiger partial charge in [0.25, 0.3) is 5.91 Å². The van der Waals surface area contributed by atoms with E-state index >= 15 is 0 Å². The van der Waals surface area contributed by atoms with E-state index in [0.29, 0.717) is 13.0 Å². The van der Waals surface area contributed by atoms with Crippen molar-refractivity contribution in [2.24, 2.45) is 0 Å². The number of amides is 3. The molecule has 2 heterocycles. The number of nitrogens with one attached hydrogen (secondary N) is 1. The molecule has 6 heteroatoms. The second-order valence-electron chi connectivity index (χ2n) is 5.35. The Morgan fingerprint density at radius 2 is 2.11 bits per heavy atom. The Balaban J connectivity index is 2.21. The summed E-state index contributed by atoms with van der Waals surface area (Å²) in [6.07, 6.45) is 2.47. The van der Waals surface area contributed by atoms with Gasteiger partial charge in [0.15, 0.2) is 0 Å². The molecule has 2 rings (SSSR count). The zero-order chi connectivity index (χ0) is 14.2. The van der Waals surface area contributed by atoms with Crippen LogP contribution in [0.15, 0.2) is 12.3 Å². The normalized spacial score (nSPS) is 23.3. The van der Waals surface area contributed by atoms with Gasteiger partial charge in [-0.1, -0.05) is 6.92 Å². The highest BCUT2D eigenvalue weighted by Gasteiger charge is 2.47. The monoisotopic (exact) mass is 264 g/mol. The fourth-order valence-electron chi connectivity index (χ4n) is 2.15. The molecule has 0 aromatic carbocycles. The van der Waals surface area contributed by atoms with E-state index in [0.717, 1.165) is 5.69 Å². The molecule has 1 aromatic rings. The van der Waals surface area contributed by atoms with Gasteiger partial charge in [0, 0.05) is 12.2 Å². The molecule has 1 N–H and O–H groups in total. The Bertz CT molecular complexity index is 508. The maximum Gasteiger partial charge on any atom is 0.325 e. The summed E-state index contributed by atoms with van der Waals surface area (Å²) in [6.45, 7) is 8.12. The van der Waals surface area contributed by atoms with Gasteiger partial charge in [-0.25, -0.2) is 4.79 Å². The van der Waals surface area contributed by atoms with Crippen molar-refractivity contribution < 1.29 is 9.59 Å². The minimum atomic E-state index is -0.779. The molecule has 6 nitrogen and oxygen atoms in total. The summed E-state index contributed by atoms with van der Waals surface area (Å²) in [6, 6.07) is 1.82. The standard InChI is InChI=1S/C13H20N4O2/c1-5-13(4)11(18)14-12(19)16(13)8-10-6-7-17(15-10)9(2)3/h6-7,9H,5,8H2,1-4H3,(H,14,18,19). The summed E-state index contributed by atoms with van der Waals surface area (Å²) in [5.41, 5.74) is 0.0109. The van der Waals surface area contributed by atoms with E-state index < -0.39 is 5.54 Å². The highest BCUT2D eigenvalue weighted by Crippen LogP contribution is 2.26. The van der Waals surface area contributed by atoms with Crippen LogP contribution in [0, 0.1) is 0 Å². The van der Waals surface area contributed by atoms with Crippen LogP contribution in [-0.4, -0.2) is 32.2 Å². The van der Waals surface area contributed by atoms with Crippen molar-refractivity contribution in [2.45, 2.75) is 52.2 Å². The molecular formula is C13H20N4O2. The number of carbonyl (C=O) groups excluding carboxylic acids is 2. The minimum Gasteiger partial charge on any atom is -0.304 e.